The monoisotopic (exact) mass is 189 g/mol. The van der Waals surface area contributed by atoms with Gasteiger partial charge in [-0.3, -0.25) is 4.99 Å². The number of nitrogens with zero attached hydrogens (tertiary/aromatic N) is 1. The third-order valence-corrected chi connectivity index (χ3v) is 5.69. The van der Waals surface area contributed by atoms with Gasteiger partial charge in [0, 0.05) is 11.8 Å². The molecule has 66 valence electrons. The molecule has 1 atom stereocenters. The number of hydrogen-bond donors (Lipinski definition) is 0. The zero-order chi connectivity index (χ0) is 8.91. The van der Waals surface area contributed by atoms with Gasteiger partial charge in [0.15, 0.2) is 0 Å². The van der Waals surface area contributed by atoms with E-state index in [4.69, 9.17) is 0 Å². The Bertz CT molecular complexity index is 129. The summed E-state index contributed by atoms with van der Waals surface area (Å²) >= 11 is 2.12. The molecule has 0 heterocycles. The van der Waals surface area contributed by atoms with Crippen molar-refractivity contribution >= 4 is 24.6 Å². The molecule has 1 unspecified atom stereocenters. The van der Waals surface area contributed by atoms with Gasteiger partial charge in [-0.1, -0.05) is 26.6 Å². The predicted molar refractivity (Wildman–Crippen MR) is 59.4 cm³/mol. The number of rotatable bonds is 4. The molecule has 0 radical (unpaired) electrons. The summed E-state index contributed by atoms with van der Waals surface area (Å²) in [7, 11) is -0.928. The second-order valence-electron chi connectivity index (χ2n) is 3.66. The van der Waals surface area contributed by atoms with Gasteiger partial charge in [-0.2, -0.15) is 11.2 Å². The van der Waals surface area contributed by atoms with Crippen molar-refractivity contribution in [2.75, 3.05) is 6.54 Å². The average molecular weight is 189 g/mol. The lowest BCUT2D eigenvalue weighted by molar-refractivity contribution is 0.960. The minimum absolute atomic E-state index is 0.692. The zero-order valence-corrected chi connectivity index (χ0v) is 10.0. The van der Waals surface area contributed by atoms with Gasteiger partial charge in [0.25, 0.3) is 0 Å². The van der Waals surface area contributed by atoms with Crippen LogP contribution in [0.1, 0.15) is 13.8 Å². The average Bonchev–Trinajstić information content (AvgIpc) is 1.79. The normalized spacial score (nSPS) is 15.7. The van der Waals surface area contributed by atoms with E-state index in [0.29, 0.717) is 5.25 Å². The van der Waals surface area contributed by atoms with Crippen LogP contribution < -0.4 is 0 Å². The van der Waals surface area contributed by atoms with Gasteiger partial charge in [0.1, 0.15) is 7.22 Å². The van der Waals surface area contributed by atoms with Crippen molar-refractivity contribution in [1.82, 2.24) is 0 Å². The highest BCUT2D eigenvalue weighted by atomic mass is 32.4. The first-order valence-corrected chi connectivity index (χ1v) is 9.18. The van der Waals surface area contributed by atoms with E-state index in [0.717, 1.165) is 6.54 Å². The highest BCUT2D eigenvalue weighted by Gasteiger charge is 2.17. The molecule has 0 saturated heterocycles. The van der Waals surface area contributed by atoms with Crippen molar-refractivity contribution in [3.8, 4) is 0 Å². The summed E-state index contributed by atoms with van der Waals surface area (Å²) in [5.41, 5.74) is 0. The first-order valence-electron chi connectivity index (χ1n) is 4.08. The molecule has 0 aromatic carbocycles. The summed E-state index contributed by atoms with van der Waals surface area (Å²) in [5.74, 6) is 0. The van der Waals surface area contributed by atoms with Crippen LogP contribution in [0.5, 0.6) is 0 Å². The van der Waals surface area contributed by atoms with Gasteiger partial charge in [0.2, 0.25) is 0 Å². The molecule has 0 rings (SSSR count). The van der Waals surface area contributed by atoms with Crippen LogP contribution in [0.3, 0.4) is 0 Å². The minimum Gasteiger partial charge on any atom is -0.297 e. The maximum atomic E-state index is 4.23. The van der Waals surface area contributed by atoms with Crippen LogP contribution >= 0.6 is 11.2 Å². The van der Waals surface area contributed by atoms with Gasteiger partial charge in [0.05, 0.1) is 0 Å². The van der Waals surface area contributed by atoms with Crippen LogP contribution in [0.15, 0.2) is 4.99 Å². The Hall–Kier alpha value is 0.237. The quantitative estimate of drug-likeness (QED) is 0.489. The summed E-state index contributed by atoms with van der Waals surface area (Å²) in [4.78, 5) is 4.23. The van der Waals surface area contributed by atoms with Crippen molar-refractivity contribution in [3.63, 3.8) is 0 Å². The van der Waals surface area contributed by atoms with E-state index in [1.807, 2.05) is 13.1 Å². The molecule has 3 heteroatoms. The van der Waals surface area contributed by atoms with Crippen LogP contribution in [0.25, 0.3) is 0 Å². The van der Waals surface area contributed by atoms with Crippen LogP contribution in [-0.2, 0) is 0 Å². The number of hydrogen-bond acceptors (Lipinski definition) is 2. The van der Waals surface area contributed by atoms with Crippen molar-refractivity contribution in [3.05, 3.63) is 0 Å². The van der Waals surface area contributed by atoms with Gasteiger partial charge < -0.3 is 0 Å². The molecule has 0 spiro atoms. The summed E-state index contributed by atoms with van der Waals surface area (Å²) in [6, 6.07) is 0. The van der Waals surface area contributed by atoms with E-state index >= 15 is 0 Å². The molecule has 0 aromatic rings. The maximum Gasteiger partial charge on any atom is 0.108 e. The third kappa shape index (κ3) is 8.14. The zero-order valence-electron chi connectivity index (χ0n) is 8.22. The SMILES string of the molecule is C/C=N\CC(C)S[Si](C)(C)C. The lowest BCUT2D eigenvalue weighted by Gasteiger charge is -2.19. The summed E-state index contributed by atoms with van der Waals surface area (Å²) in [6.07, 6.45) is 1.89. The summed E-state index contributed by atoms with van der Waals surface area (Å²) in [5, 5.41) is 0.692. The third-order valence-electron chi connectivity index (χ3n) is 1.10. The molecule has 0 amide bonds. The molecule has 0 N–H and O–H groups in total. The smallest absolute Gasteiger partial charge is 0.108 e. The molecule has 0 fully saturated rings. The van der Waals surface area contributed by atoms with Gasteiger partial charge >= 0.3 is 0 Å². The minimum atomic E-state index is -0.928. The van der Waals surface area contributed by atoms with Crippen molar-refractivity contribution in [1.29, 1.82) is 0 Å². The first-order chi connectivity index (χ1) is 4.95. The van der Waals surface area contributed by atoms with E-state index in [9.17, 15) is 0 Å². The van der Waals surface area contributed by atoms with Crippen LogP contribution in [0, 0.1) is 0 Å². The van der Waals surface area contributed by atoms with Crippen LogP contribution in [0.2, 0.25) is 19.6 Å². The fourth-order valence-corrected chi connectivity index (χ4v) is 6.11. The highest BCUT2D eigenvalue weighted by molar-refractivity contribution is 8.29. The Morgan fingerprint density at radius 3 is 2.36 bits per heavy atom. The summed E-state index contributed by atoms with van der Waals surface area (Å²) in [6.45, 7) is 12.4. The molecule has 0 aliphatic rings. The van der Waals surface area contributed by atoms with Crippen molar-refractivity contribution in [2.45, 2.75) is 38.7 Å². The molecule has 0 aromatic heterocycles. The molecule has 1 nitrogen and oxygen atoms in total. The first kappa shape index (κ1) is 11.2. The Balaban J connectivity index is 3.60. The van der Waals surface area contributed by atoms with Crippen molar-refractivity contribution < 1.29 is 0 Å². The van der Waals surface area contributed by atoms with Gasteiger partial charge in [-0.05, 0) is 13.1 Å². The fraction of sp³-hybridized carbons (Fsp3) is 0.875. The Morgan fingerprint density at radius 2 is 2.00 bits per heavy atom. The fourth-order valence-electron chi connectivity index (χ4n) is 0.895. The predicted octanol–water partition coefficient (Wildman–Crippen LogP) is 3.03. The van der Waals surface area contributed by atoms with E-state index in [1.165, 1.54) is 0 Å². The lowest BCUT2D eigenvalue weighted by Crippen LogP contribution is -2.20. The highest BCUT2D eigenvalue weighted by Crippen LogP contribution is 2.24. The van der Waals surface area contributed by atoms with Crippen LogP contribution in [0.4, 0.5) is 0 Å². The molecular formula is C8H19NSSi. The standard InChI is InChI=1S/C8H19NSSi/c1-6-9-7-8(2)10-11(3,4)5/h6,8H,7H2,1-5H3/b9-6-. The molecular weight excluding hydrogens is 170 g/mol. The second-order valence-corrected chi connectivity index (χ2v) is 13.3. The molecule has 0 bridgehead atoms. The number of aliphatic imine (C=N–C) groups is 1. The second kappa shape index (κ2) is 4.98. The molecule has 0 saturated carbocycles. The molecule has 0 aliphatic heterocycles. The Morgan fingerprint density at radius 1 is 1.45 bits per heavy atom. The summed E-state index contributed by atoms with van der Waals surface area (Å²) < 4.78 is 0. The van der Waals surface area contributed by atoms with E-state index < -0.39 is 7.22 Å². The molecule has 11 heavy (non-hydrogen) atoms. The topological polar surface area (TPSA) is 12.4 Å². The van der Waals surface area contributed by atoms with E-state index in [-0.39, 0.29) is 0 Å². The van der Waals surface area contributed by atoms with Gasteiger partial charge in [-0.15, -0.1) is 0 Å². The van der Waals surface area contributed by atoms with E-state index in [2.05, 4.69) is 42.8 Å². The van der Waals surface area contributed by atoms with Gasteiger partial charge in [-0.25, -0.2) is 0 Å². The Kier molecular flexibility index (Phi) is 5.09. The largest absolute Gasteiger partial charge is 0.297 e. The lowest BCUT2D eigenvalue weighted by atomic mass is 10.5. The van der Waals surface area contributed by atoms with Crippen molar-refractivity contribution in [2.24, 2.45) is 4.99 Å². The Labute approximate surface area is 75.3 Å². The maximum absolute atomic E-state index is 4.23. The van der Waals surface area contributed by atoms with Crippen LogP contribution in [-0.4, -0.2) is 25.2 Å². The molecule has 0 aliphatic carbocycles. The van der Waals surface area contributed by atoms with E-state index in [1.54, 1.807) is 0 Å².